The monoisotopic (exact) mass is 394 g/mol. The number of hydrogen-bond acceptors (Lipinski definition) is 5. The summed E-state index contributed by atoms with van der Waals surface area (Å²) < 4.78 is 34.1. The van der Waals surface area contributed by atoms with E-state index in [1.54, 1.807) is 48.5 Å². The van der Waals surface area contributed by atoms with Crippen LogP contribution in [0, 0.1) is 0 Å². The van der Waals surface area contributed by atoms with Crippen LogP contribution in [0.4, 0.5) is 0 Å². The predicted octanol–water partition coefficient (Wildman–Crippen LogP) is 5.60. The summed E-state index contributed by atoms with van der Waals surface area (Å²) in [6.07, 6.45) is 1.76. The maximum absolute atomic E-state index is 12.4. The zero-order chi connectivity index (χ0) is 19.9. The molecule has 0 fully saturated rings. The number of phosphoric acid groups is 1. The molecule has 0 heterocycles. The Bertz CT molecular complexity index is 717. The number of rotatable bonds is 10. The smallest absolute Gasteiger partial charge is 0.491 e. The lowest BCUT2D eigenvalue weighted by Crippen LogP contribution is -2.10. The quantitative estimate of drug-likeness (QED) is 0.529. The Hall–Kier alpha value is -2.17. The molecule has 0 aromatic heterocycles. The Morgan fingerprint density at radius 2 is 1.19 bits per heavy atom. The van der Waals surface area contributed by atoms with Crippen LogP contribution in [-0.2, 0) is 4.57 Å². The van der Waals surface area contributed by atoms with E-state index < -0.39 is 7.82 Å². The van der Waals surface area contributed by atoms with Crippen molar-refractivity contribution in [2.24, 2.45) is 0 Å². The average Bonchev–Trinajstić information content (AvgIpc) is 2.61. The summed E-state index contributed by atoms with van der Waals surface area (Å²) in [4.78, 5) is 10.1. The summed E-state index contributed by atoms with van der Waals surface area (Å²) >= 11 is 0. The number of phosphoric ester groups is 1. The Labute approximate surface area is 160 Å². The van der Waals surface area contributed by atoms with Crippen LogP contribution in [0.25, 0.3) is 0 Å². The Kier molecular flexibility index (Phi) is 7.57. The molecule has 6 nitrogen and oxygen atoms in total. The zero-order valence-corrected chi connectivity index (χ0v) is 17.0. The van der Waals surface area contributed by atoms with Crippen LogP contribution < -0.4 is 18.5 Å². The highest BCUT2D eigenvalue weighted by molar-refractivity contribution is 7.48. The minimum absolute atomic E-state index is 0.0330. The van der Waals surface area contributed by atoms with Crippen LogP contribution in [0.15, 0.2) is 48.5 Å². The second-order valence-electron chi connectivity index (χ2n) is 6.27. The maximum Gasteiger partial charge on any atom is 0.584 e. The van der Waals surface area contributed by atoms with Gasteiger partial charge in [-0.2, -0.15) is 0 Å². The van der Waals surface area contributed by atoms with Crippen molar-refractivity contribution < 1.29 is 28.0 Å². The number of benzene rings is 2. The first-order valence-electron chi connectivity index (χ1n) is 9.06. The Morgan fingerprint density at radius 3 is 1.56 bits per heavy atom. The van der Waals surface area contributed by atoms with Gasteiger partial charge in [0, 0.05) is 12.1 Å². The van der Waals surface area contributed by atoms with E-state index in [4.69, 9.17) is 18.5 Å². The molecule has 148 valence electrons. The standard InChI is InChI=1S/C20H27O6P/c1-5-15(3)23-17-9-7-11-19(13-17)25-27(21,22)26-20-12-8-10-18(14-20)24-16(4)6-2/h7-16H,5-6H2,1-4H3,(H,21,22). The normalized spacial score (nSPS) is 15.3. The van der Waals surface area contributed by atoms with Crippen LogP contribution >= 0.6 is 7.82 Å². The van der Waals surface area contributed by atoms with E-state index in [0.29, 0.717) is 11.5 Å². The lowest BCUT2D eigenvalue weighted by molar-refractivity contribution is 0.216. The SMILES string of the molecule is CCC(C)Oc1cccc(OP(=O)(O)Oc2cccc(OC(C)CC)c2)c1. The summed E-state index contributed by atoms with van der Waals surface area (Å²) in [5, 5.41) is 0. The van der Waals surface area contributed by atoms with Gasteiger partial charge in [0.25, 0.3) is 0 Å². The van der Waals surface area contributed by atoms with E-state index in [1.807, 2.05) is 27.7 Å². The van der Waals surface area contributed by atoms with Crippen molar-refractivity contribution >= 4 is 7.82 Å². The van der Waals surface area contributed by atoms with E-state index >= 15 is 0 Å². The topological polar surface area (TPSA) is 74.2 Å². The van der Waals surface area contributed by atoms with E-state index in [1.165, 1.54) is 0 Å². The van der Waals surface area contributed by atoms with Gasteiger partial charge < -0.3 is 18.5 Å². The molecule has 2 aromatic carbocycles. The summed E-state index contributed by atoms with van der Waals surface area (Å²) in [5.41, 5.74) is 0. The highest BCUT2D eigenvalue weighted by atomic mass is 31.2. The molecular formula is C20H27O6P. The van der Waals surface area contributed by atoms with Crippen molar-refractivity contribution in [2.45, 2.75) is 52.7 Å². The molecule has 7 heteroatoms. The van der Waals surface area contributed by atoms with Crippen LogP contribution in [0.1, 0.15) is 40.5 Å². The van der Waals surface area contributed by atoms with Crippen molar-refractivity contribution in [1.82, 2.24) is 0 Å². The first-order chi connectivity index (χ1) is 12.8. The molecular weight excluding hydrogens is 367 g/mol. The fourth-order valence-corrected chi connectivity index (χ4v) is 2.92. The molecule has 0 amide bonds. The molecule has 0 saturated heterocycles. The van der Waals surface area contributed by atoms with Gasteiger partial charge in [-0.05, 0) is 51.0 Å². The lowest BCUT2D eigenvalue weighted by atomic mass is 10.3. The highest BCUT2D eigenvalue weighted by Crippen LogP contribution is 2.45. The van der Waals surface area contributed by atoms with E-state index in [-0.39, 0.29) is 23.7 Å². The van der Waals surface area contributed by atoms with Gasteiger partial charge in [0.05, 0.1) is 12.2 Å². The third kappa shape index (κ3) is 7.16. The average molecular weight is 394 g/mol. The molecule has 0 bridgehead atoms. The van der Waals surface area contributed by atoms with Crippen molar-refractivity contribution in [3.8, 4) is 23.0 Å². The molecule has 2 aromatic rings. The first kappa shape index (κ1) is 21.1. The van der Waals surface area contributed by atoms with Gasteiger partial charge in [0.1, 0.15) is 23.0 Å². The maximum atomic E-state index is 12.4. The summed E-state index contributed by atoms with van der Waals surface area (Å²) in [5.74, 6) is 1.50. The minimum atomic E-state index is -4.37. The second kappa shape index (κ2) is 9.67. The third-order valence-corrected chi connectivity index (χ3v) is 4.76. The zero-order valence-electron chi connectivity index (χ0n) is 16.1. The molecule has 2 unspecified atom stereocenters. The van der Waals surface area contributed by atoms with Crippen LogP contribution in [0.2, 0.25) is 0 Å². The van der Waals surface area contributed by atoms with Gasteiger partial charge in [-0.1, -0.05) is 26.0 Å². The second-order valence-corrected chi connectivity index (χ2v) is 7.58. The Balaban J connectivity index is 2.06. The van der Waals surface area contributed by atoms with Crippen LogP contribution in [-0.4, -0.2) is 17.1 Å². The van der Waals surface area contributed by atoms with Crippen molar-refractivity contribution in [3.05, 3.63) is 48.5 Å². The van der Waals surface area contributed by atoms with Gasteiger partial charge in [-0.25, -0.2) is 4.57 Å². The largest absolute Gasteiger partial charge is 0.584 e. The molecule has 2 atom stereocenters. The van der Waals surface area contributed by atoms with Gasteiger partial charge in [-0.15, -0.1) is 0 Å². The molecule has 0 aliphatic carbocycles. The first-order valence-corrected chi connectivity index (χ1v) is 10.6. The summed E-state index contributed by atoms with van der Waals surface area (Å²) in [6, 6.07) is 13.1. The molecule has 0 spiro atoms. The van der Waals surface area contributed by atoms with Crippen molar-refractivity contribution in [2.75, 3.05) is 0 Å². The molecule has 0 aliphatic rings. The Morgan fingerprint density at radius 1 is 0.815 bits per heavy atom. The van der Waals surface area contributed by atoms with Crippen molar-refractivity contribution in [1.29, 1.82) is 0 Å². The van der Waals surface area contributed by atoms with Crippen LogP contribution in [0.5, 0.6) is 23.0 Å². The molecule has 1 N–H and O–H groups in total. The molecule has 2 rings (SSSR count). The molecule has 27 heavy (non-hydrogen) atoms. The van der Waals surface area contributed by atoms with Gasteiger partial charge >= 0.3 is 7.82 Å². The third-order valence-electron chi connectivity index (χ3n) is 3.88. The molecule has 0 saturated carbocycles. The predicted molar refractivity (Wildman–Crippen MR) is 105 cm³/mol. The number of ether oxygens (including phenoxy) is 2. The van der Waals surface area contributed by atoms with Gasteiger partial charge in [-0.3, -0.25) is 4.89 Å². The summed E-state index contributed by atoms with van der Waals surface area (Å²) in [6.45, 7) is 7.92. The fraction of sp³-hybridized carbons (Fsp3) is 0.400. The minimum Gasteiger partial charge on any atom is -0.491 e. The van der Waals surface area contributed by atoms with Crippen molar-refractivity contribution in [3.63, 3.8) is 0 Å². The van der Waals surface area contributed by atoms with E-state index in [9.17, 15) is 9.46 Å². The summed E-state index contributed by atoms with van der Waals surface area (Å²) in [7, 11) is -4.37. The molecule has 0 aliphatic heterocycles. The number of hydrogen-bond donors (Lipinski definition) is 1. The van der Waals surface area contributed by atoms with Crippen LogP contribution in [0.3, 0.4) is 0 Å². The fourth-order valence-electron chi connectivity index (χ4n) is 2.12. The highest BCUT2D eigenvalue weighted by Gasteiger charge is 2.25. The van der Waals surface area contributed by atoms with E-state index in [2.05, 4.69) is 0 Å². The van der Waals surface area contributed by atoms with Gasteiger partial charge in [0.15, 0.2) is 0 Å². The molecule has 0 radical (unpaired) electrons. The van der Waals surface area contributed by atoms with E-state index in [0.717, 1.165) is 12.8 Å². The van der Waals surface area contributed by atoms with Gasteiger partial charge in [0.2, 0.25) is 0 Å². The lowest BCUT2D eigenvalue weighted by Gasteiger charge is -2.17.